The minimum absolute atomic E-state index is 0.253. The predicted molar refractivity (Wildman–Crippen MR) is 54.6 cm³/mol. The van der Waals surface area contributed by atoms with E-state index in [4.69, 9.17) is 5.11 Å². The van der Waals surface area contributed by atoms with Crippen molar-refractivity contribution in [1.82, 2.24) is 0 Å². The Morgan fingerprint density at radius 1 is 1.25 bits per heavy atom. The summed E-state index contributed by atoms with van der Waals surface area (Å²) < 4.78 is 0. The molecule has 12 heavy (non-hydrogen) atoms. The van der Waals surface area contributed by atoms with E-state index in [1.165, 1.54) is 5.56 Å². The quantitative estimate of drug-likeness (QED) is 0.786. The molecular formula is C10H13BrO. The summed E-state index contributed by atoms with van der Waals surface area (Å²) in [6.45, 7) is 0.253. The average molecular weight is 229 g/mol. The second kappa shape index (κ2) is 5.33. The van der Waals surface area contributed by atoms with Gasteiger partial charge in [-0.3, -0.25) is 0 Å². The Kier molecular flexibility index (Phi) is 4.33. The van der Waals surface area contributed by atoms with Crippen LogP contribution in [0.2, 0.25) is 0 Å². The molecule has 2 heteroatoms. The first-order chi connectivity index (χ1) is 5.83. The highest BCUT2D eigenvalue weighted by atomic mass is 79.9. The van der Waals surface area contributed by atoms with Crippen molar-refractivity contribution in [2.24, 2.45) is 0 Å². The van der Waals surface area contributed by atoms with Crippen molar-refractivity contribution in [3.8, 4) is 0 Å². The SMILES string of the molecule is OCCC(Br)Cc1ccccc1. The molecule has 0 saturated heterocycles. The Balaban J connectivity index is 2.41. The lowest BCUT2D eigenvalue weighted by Crippen LogP contribution is -2.04. The van der Waals surface area contributed by atoms with Gasteiger partial charge in [-0.25, -0.2) is 0 Å². The maximum absolute atomic E-state index is 8.68. The lowest BCUT2D eigenvalue weighted by Gasteiger charge is -2.06. The van der Waals surface area contributed by atoms with Crippen molar-refractivity contribution in [3.05, 3.63) is 35.9 Å². The summed E-state index contributed by atoms with van der Waals surface area (Å²) in [5, 5.41) is 8.68. The van der Waals surface area contributed by atoms with E-state index in [1.54, 1.807) is 0 Å². The number of aliphatic hydroxyl groups is 1. The molecule has 0 aliphatic carbocycles. The normalized spacial score (nSPS) is 12.8. The van der Waals surface area contributed by atoms with E-state index in [9.17, 15) is 0 Å². The van der Waals surface area contributed by atoms with Crippen LogP contribution in [0.1, 0.15) is 12.0 Å². The molecule has 0 amide bonds. The standard InChI is InChI=1S/C10H13BrO/c11-10(6-7-12)8-9-4-2-1-3-5-9/h1-5,10,12H,6-8H2. The summed E-state index contributed by atoms with van der Waals surface area (Å²) in [5.74, 6) is 0. The van der Waals surface area contributed by atoms with Gasteiger partial charge >= 0.3 is 0 Å². The van der Waals surface area contributed by atoms with Gasteiger partial charge in [0.1, 0.15) is 0 Å². The third-order valence-corrected chi connectivity index (χ3v) is 2.52. The summed E-state index contributed by atoms with van der Waals surface area (Å²) in [7, 11) is 0. The fourth-order valence-electron chi connectivity index (χ4n) is 1.11. The van der Waals surface area contributed by atoms with E-state index in [-0.39, 0.29) is 6.61 Å². The summed E-state index contributed by atoms with van der Waals surface area (Å²) in [6, 6.07) is 10.3. The molecule has 1 aromatic carbocycles. The molecule has 1 N–H and O–H groups in total. The van der Waals surface area contributed by atoms with Gasteiger partial charge in [-0.2, -0.15) is 0 Å². The van der Waals surface area contributed by atoms with E-state index in [0.717, 1.165) is 12.8 Å². The molecule has 0 aromatic heterocycles. The molecule has 0 bridgehead atoms. The maximum Gasteiger partial charge on any atom is 0.0441 e. The van der Waals surface area contributed by atoms with Crippen molar-refractivity contribution in [1.29, 1.82) is 0 Å². The maximum atomic E-state index is 8.68. The molecule has 1 aromatic rings. The van der Waals surface area contributed by atoms with E-state index in [1.807, 2.05) is 18.2 Å². The smallest absolute Gasteiger partial charge is 0.0441 e. The fraction of sp³-hybridized carbons (Fsp3) is 0.400. The number of hydrogen-bond acceptors (Lipinski definition) is 1. The Morgan fingerprint density at radius 3 is 2.50 bits per heavy atom. The average Bonchev–Trinajstić information content (AvgIpc) is 2.06. The number of aliphatic hydroxyl groups excluding tert-OH is 1. The third-order valence-electron chi connectivity index (χ3n) is 1.74. The summed E-state index contributed by atoms with van der Waals surface area (Å²) in [6.07, 6.45) is 1.80. The van der Waals surface area contributed by atoms with Crippen molar-refractivity contribution >= 4 is 15.9 Å². The number of alkyl halides is 1. The fourth-order valence-corrected chi connectivity index (χ4v) is 1.69. The predicted octanol–water partition coefficient (Wildman–Crippen LogP) is 2.38. The Morgan fingerprint density at radius 2 is 1.92 bits per heavy atom. The zero-order valence-electron chi connectivity index (χ0n) is 6.91. The van der Waals surface area contributed by atoms with Crippen molar-refractivity contribution in [2.75, 3.05) is 6.61 Å². The summed E-state index contributed by atoms with van der Waals surface area (Å²) >= 11 is 3.51. The van der Waals surface area contributed by atoms with Crippen LogP contribution in [0.5, 0.6) is 0 Å². The molecule has 0 aliphatic rings. The van der Waals surface area contributed by atoms with Crippen LogP contribution in [-0.2, 0) is 6.42 Å². The van der Waals surface area contributed by atoms with E-state index >= 15 is 0 Å². The molecule has 1 unspecified atom stereocenters. The molecule has 1 atom stereocenters. The summed E-state index contributed by atoms with van der Waals surface area (Å²) in [5.41, 5.74) is 1.31. The molecule has 1 nitrogen and oxygen atoms in total. The molecule has 1 rings (SSSR count). The van der Waals surface area contributed by atoms with E-state index < -0.39 is 0 Å². The molecule has 0 spiro atoms. The Labute approximate surface area is 81.6 Å². The van der Waals surface area contributed by atoms with Gasteiger partial charge in [0.25, 0.3) is 0 Å². The number of hydrogen-bond donors (Lipinski definition) is 1. The molecule has 0 heterocycles. The van der Waals surface area contributed by atoms with Crippen LogP contribution in [0.15, 0.2) is 30.3 Å². The third kappa shape index (κ3) is 3.37. The van der Waals surface area contributed by atoms with Gasteiger partial charge in [0.15, 0.2) is 0 Å². The zero-order valence-corrected chi connectivity index (χ0v) is 8.50. The molecule has 0 fully saturated rings. The van der Waals surface area contributed by atoms with Crippen molar-refractivity contribution in [3.63, 3.8) is 0 Å². The van der Waals surface area contributed by atoms with Gasteiger partial charge in [-0.05, 0) is 18.4 Å². The number of benzene rings is 1. The van der Waals surface area contributed by atoms with Gasteiger partial charge in [0, 0.05) is 11.4 Å². The Hall–Kier alpha value is -0.340. The van der Waals surface area contributed by atoms with Crippen LogP contribution < -0.4 is 0 Å². The minimum atomic E-state index is 0.253. The summed E-state index contributed by atoms with van der Waals surface area (Å²) in [4.78, 5) is 0.393. The van der Waals surface area contributed by atoms with Crippen molar-refractivity contribution < 1.29 is 5.11 Å². The van der Waals surface area contributed by atoms with Gasteiger partial charge in [0.2, 0.25) is 0 Å². The van der Waals surface area contributed by atoms with Gasteiger partial charge in [0.05, 0.1) is 0 Å². The monoisotopic (exact) mass is 228 g/mol. The van der Waals surface area contributed by atoms with Gasteiger partial charge < -0.3 is 5.11 Å². The lowest BCUT2D eigenvalue weighted by atomic mass is 10.1. The number of halogens is 1. The van der Waals surface area contributed by atoms with Crippen LogP contribution in [0, 0.1) is 0 Å². The van der Waals surface area contributed by atoms with Gasteiger partial charge in [-0.1, -0.05) is 46.3 Å². The van der Waals surface area contributed by atoms with E-state index in [0.29, 0.717) is 4.83 Å². The van der Waals surface area contributed by atoms with Crippen molar-refractivity contribution in [2.45, 2.75) is 17.7 Å². The largest absolute Gasteiger partial charge is 0.396 e. The highest BCUT2D eigenvalue weighted by molar-refractivity contribution is 9.09. The minimum Gasteiger partial charge on any atom is -0.396 e. The van der Waals surface area contributed by atoms with Crippen LogP contribution in [0.4, 0.5) is 0 Å². The molecule has 66 valence electrons. The first-order valence-electron chi connectivity index (χ1n) is 4.12. The molecular weight excluding hydrogens is 216 g/mol. The second-order valence-electron chi connectivity index (χ2n) is 2.80. The van der Waals surface area contributed by atoms with Crippen LogP contribution in [0.25, 0.3) is 0 Å². The number of rotatable bonds is 4. The molecule has 0 saturated carbocycles. The zero-order chi connectivity index (χ0) is 8.81. The first-order valence-corrected chi connectivity index (χ1v) is 5.03. The second-order valence-corrected chi connectivity index (χ2v) is 4.09. The van der Waals surface area contributed by atoms with Gasteiger partial charge in [-0.15, -0.1) is 0 Å². The topological polar surface area (TPSA) is 20.2 Å². The molecule has 0 radical (unpaired) electrons. The molecule has 0 aliphatic heterocycles. The Bertz CT molecular complexity index is 210. The highest BCUT2D eigenvalue weighted by Crippen LogP contribution is 2.12. The van der Waals surface area contributed by atoms with Crippen LogP contribution in [0.3, 0.4) is 0 Å². The van der Waals surface area contributed by atoms with Crippen LogP contribution in [-0.4, -0.2) is 16.5 Å². The lowest BCUT2D eigenvalue weighted by molar-refractivity contribution is 0.287. The highest BCUT2D eigenvalue weighted by Gasteiger charge is 2.03. The van der Waals surface area contributed by atoms with Crippen LogP contribution >= 0.6 is 15.9 Å². The first kappa shape index (κ1) is 9.75. The van der Waals surface area contributed by atoms with E-state index in [2.05, 4.69) is 28.1 Å².